The predicted octanol–water partition coefficient (Wildman–Crippen LogP) is 3.01. The molecule has 1 saturated heterocycles. The molecule has 0 amide bonds. The normalized spacial score (nSPS) is 23.7. The van der Waals surface area contributed by atoms with Crippen molar-refractivity contribution in [2.45, 2.75) is 44.6 Å². The monoisotopic (exact) mass is 281 g/mol. The Kier molecular flexibility index (Phi) is 3.89. The van der Waals surface area contributed by atoms with Crippen molar-refractivity contribution in [1.82, 2.24) is 9.97 Å². The summed E-state index contributed by atoms with van der Waals surface area (Å²) in [6.07, 6.45) is 4.99. The molecule has 4 nitrogen and oxygen atoms in total. The summed E-state index contributed by atoms with van der Waals surface area (Å²) in [6.45, 7) is 4.76. The van der Waals surface area contributed by atoms with Gasteiger partial charge >= 0.3 is 0 Å². The lowest BCUT2D eigenvalue weighted by Crippen LogP contribution is -2.40. The van der Waals surface area contributed by atoms with E-state index < -0.39 is 0 Å². The highest BCUT2D eigenvalue weighted by atomic mass is 35.5. The van der Waals surface area contributed by atoms with Crippen LogP contribution in [0.3, 0.4) is 0 Å². The van der Waals surface area contributed by atoms with Gasteiger partial charge in [0.1, 0.15) is 16.8 Å². The Hall–Kier alpha value is -0.870. The van der Waals surface area contributed by atoms with Gasteiger partial charge in [-0.2, -0.15) is 0 Å². The third-order valence-electron chi connectivity index (χ3n) is 3.75. The SMILES string of the molecule is CCOC1CCCN(c2cc(Cl)nc(C3CC3)n2)C1. The summed E-state index contributed by atoms with van der Waals surface area (Å²) in [6, 6.07) is 1.88. The zero-order valence-electron chi connectivity index (χ0n) is 11.3. The molecule has 0 radical (unpaired) electrons. The van der Waals surface area contributed by atoms with Gasteiger partial charge in [0.2, 0.25) is 0 Å². The van der Waals surface area contributed by atoms with E-state index in [1.807, 2.05) is 13.0 Å². The minimum absolute atomic E-state index is 0.317. The van der Waals surface area contributed by atoms with Crippen LogP contribution in [0.5, 0.6) is 0 Å². The Morgan fingerprint density at radius 1 is 1.37 bits per heavy atom. The number of hydrogen-bond donors (Lipinski definition) is 0. The summed E-state index contributed by atoms with van der Waals surface area (Å²) in [5.74, 6) is 2.41. The third-order valence-corrected chi connectivity index (χ3v) is 3.94. The summed E-state index contributed by atoms with van der Waals surface area (Å²) in [4.78, 5) is 11.3. The van der Waals surface area contributed by atoms with Gasteiger partial charge in [-0.05, 0) is 32.6 Å². The van der Waals surface area contributed by atoms with E-state index in [0.717, 1.165) is 44.2 Å². The van der Waals surface area contributed by atoms with Crippen LogP contribution in [-0.4, -0.2) is 35.8 Å². The minimum atomic E-state index is 0.317. The molecule has 2 fully saturated rings. The topological polar surface area (TPSA) is 38.2 Å². The molecule has 1 aliphatic carbocycles. The van der Waals surface area contributed by atoms with E-state index in [0.29, 0.717) is 17.2 Å². The number of anilines is 1. The predicted molar refractivity (Wildman–Crippen MR) is 75.9 cm³/mol. The highest BCUT2D eigenvalue weighted by Crippen LogP contribution is 2.39. The molecule has 1 unspecified atom stereocenters. The van der Waals surface area contributed by atoms with Crippen LogP contribution in [0.4, 0.5) is 5.82 Å². The first-order chi connectivity index (χ1) is 9.26. The van der Waals surface area contributed by atoms with Crippen LogP contribution in [0.2, 0.25) is 5.15 Å². The maximum atomic E-state index is 6.13. The first-order valence-electron chi connectivity index (χ1n) is 7.17. The second-order valence-electron chi connectivity index (χ2n) is 5.35. The highest BCUT2D eigenvalue weighted by Gasteiger charge is 2.28. The van der Waals surface area contributed by atoms with Crippen molar-refractivity contribution in [1.29, 1.82) is 0 Å². The fourth-order valence-corrected chi connectivity index (χ4v) is 2.81. The highest BCUT2D eigenvalue weighted by molar-refractivity contribution is 6.29. The second kappa shape index (κ2) is 5.63. The van der Waals surface area contributed by atoms with E-state index >= 15 is 0 Å². The molecule has 0 spiro atoms. The number of halogens is 1. The van der Waals surface area contributed by atoms with E-state index in [-0.39, 0.29) is 0 Å². The summed E-state index contributed by atoms with van der Waals surface area (Å²) in [5, 5.41) is 0.561. The van der Waals surface area contributed by atoms with Crippen LogP contribution in [0, 0.1) is 0 Å². The molecule has 1 aromatic heterocycles. The van der Waals surface area contributed by atoms with Gasteiger partial charge in [-0.3, -0.25) is 0 Å². The summed E-state index contributed by atoms with van der Waals surface area (Å²) in [5.41, 5.74) is 0. The van der Waals surface area contributed by atoms with Crippen LogP contribution >= 0.6 is 11.6 Å². The summed E-state index contributed by atoms with van der Waals surface area (Å²) >= 11 is 6.13. The Labute approximate surface area is 119 Å². The minimum Gasteiger partial charge on any atom is -0.377 e. The lowest BCUT2D eigenvalue weighted by atomic mass is 10.1. The van der Waals surface area contributed by atoms with Crippen molar-refractivity contribution >= 4 is 17.4 Å². The molecule has 1 aliphatic heterocycles. The van der Waals surface area contributed by atoms with E-state index in [1.165, 1.54) is 12.8 Å². The average Bonchev–Trinajstić information content (AvgIpc) is 3.23. The van der Waals surface area contributed by atoms with E-state index in [9.17, 15) is 0 Å². The van der Waals surface area contributed by atoms with Gasteiger partial charge in [-0.25, -0.2) is 9.97 Å². The van der Waals surface area contributed by atoms with Crippen molar-refractivity contribution in [3.8, 4) is 0 Å². The van der Waals surface area contributed by atoms with Crippen molar-refractivity contribution in [3.05, 3.63) is 17.0 Å². The average molecular weight is 282 g/mol. The second-order valence-corrected chi connectivity index (χ2v) is 5.73. The van der Waals surface area contributed by atoms with Crippen molar-refractivity contribution in [2.75, 3.05) is 24.6 Å². The van der Waals surface area contributed by atoms with E-state index in [2.05, 4.69) is 14.9 Å². The van der Waals surface area contributed by atoms with Gasteiger partial charge in [0.05, 0.1) is 6.10 Å². The number of rotatable bonds is 4. The largest absolute Gasteiger partial charge is 0.377 e. The first-order valence-corrected chi connectivity index (χ1v) is 7.55. The van der Waals surface area contributed by atoms with E-state index in [1.54, 1.807) is 0 Å². The van der Waals surface area contributed by atoms with Crippen LogP contribution in [0.1, 0.15) is 44.3 Å². The van der Waals surface area contributed by atoms with Crippen LogP contribution < -0.4 is 4.90 Å². The van der Waals surface area contributed by atoms with Gasteiger partial charge in [-0.1, -0.05) is 11.6 Å². The number of ether oxygens (including phenoxy) is 1. The zero-order chi connectivity index (χ0) is 13.2. The van der Waals surface area contributed by atoms with Crippen molar-refractivity contribution < 1.29 is 4.74 Å². The van der Waals surface area contributed by atoms with E-state index in [4.69, 9.17) is 16.3 Å². The fraction of sp³-hybridized carbons (Fsp3) is 0.714. The number of hydrogen-bond acceptors (Lipinski definition) is 4. The Morgan fingerprint density at radius 2 is 2.21 bits per heavy atom. The molecule has 0 bridgehead atoms. The van der Waals surface area contributed by atoms with Gasteiger partial charge in [-0.15, -0.1) is 0 Å². The fourth-order valence-electron chi connectivity index (χ4n) is 2.63. The van der Waals surface area contributed by atoms with Crippen LogP contribution in [0.25, 0.3) is 0 Å². The molecule has 1 atom stereocenters. The van der Waals surface area contributed by atoms with Crippen LogP contribution in [-0.2, 0) is 4.74 Å². The molecule has 1 saturated carbocycles. The van der Waals surface area contributed by atoms with Gasteiger partial charge < -0.3 is 9.64 Å². The maximum Gasteiger partial charge on any atom is 0.135 e. The van der Waals surface area contributed by atoms with Crippen molar-refractivity contribution in [2.24, 2.45) is 0 Å². The molecule has 1 aromatic rings. The van der Waals surface area contributed by atoms with Gasteiger partial charge in [0.15, 0.2) is 0 Å². The molecule has 2 aliphatic rings. The maximum absolute atomic E-state index is 6.13. The number of piperidine rings is 1. The lowest BCUT2D eigenvalue weighted by Gasteiger charge is -2.33. The molecule has 0 aromatic carbocycles. The molecule has 3 rings (SSSR count). The summed E-state index contributed by atoms with van der Waals surface area (Å²) in [7, 11) is 0. The van der Waals surface area contributed by atoms with Gasteiger partial charge in [0, 0.05) is 31.7 Å². The summed E-state index contributed by atoms with van der Waals surface area (Å²) < 4.78 is 5.74. The molecular formula is C14H20ClN3O. The Morgan fingerprint density at radius 3 is 2.95 bits per heavy atom. The lowest BCUT2D eigenvalue weighted by molar-refractivity contribution is 0.0525. The molecule has 5 heteroatoms. The standard InChI is InChI=1S/C14H20ClN3O/c1-2-19-11-4-3-7-18(9-11)13-8-12(15)16-14(17-13)10-5-6-10/h8,10-11H,2-7,9H2,1H3. The first kappa shape index (κ1) is 13.1. The molecule has 19 heavy (non-hydrogen) atoms. The van der Waals surface area contributed by atoms with Gasteiger partial charge in [0.25, 0.3) is 0 Å². The number of nitrogens with zero attached hydrogens (tertiary/aromatic N) is 3. The molecular weight excluding hydrogens is 262 g/mol. The third kappa shape index (κ3) is 3.18. The van der Waals surface area contributed by atoms with Crippen LogP contribution in [0.15, 0.2) is 6.07 Å². The molecule has 0 N–H and O–H groups in total. The Bertz CT molecular complexity index is 448. The molecule has 2 heterocycles. The zero-order valence-corrected chi connectivity index (χ0v) is 12.1. The number of aromatic nitrogens is 2. The smallest absolute Gasteiger partial charge is 0.135 e. The van der Waals surface area contributed by atoms with Crippen molar-refractivity contribution in [3.63, 3.8) is 0 Å². The Balaban J connectivity index is 1.76. The molecule has 104 valence electrons. The quantitative estimate of drug-likeness (QED) is 0.795.